The number of nitro groups is 1. The smallest absolute Gasteiger partial charge is 0.310 e. The summed E-state index contributed by atoms with van der Waals surface area (Å²) >= 11 is 0. The van der Waals surface area contributed by atoms with Gasteiger partial charge in [-0.3, -0.25) is 10.1 Å². The van der Waals surface area contributed by atoms with Gasteiger partial charge in [-0.05, 0) is 49.1 Å². The fourth-order valence-corrected chi connectivity index (χ4v) is 3.87. The zero-order chi connectivity index (χ0) is 15.3. The fraction of sp³-hybridized carbons (Fsp3) is 0.571. The highest BCUT2D eigenvalue weighted by Gasteiger charge is 2.53. The molecule has 3 rings (SSSR count). The first-order valence-corrected chi connectivity index (χ1v) is 8.94. The van der Waals surface area contributed by atoms with Crippen molar-refractivity contribution in [3.05, 3.63) is 28.3 Å². The summed E-state index contributed by atoms with van der Waals surface area (Å²) in [5.74, 6) is 0.738. The molecule has 2 aliphatic rings. The Bertz CT molecular complexity index is 691. The molecule has 7 heteroatoms. The Kier molecular flexibility index (Phi) is 3.20. The van der Waals surface area contributed by atoms with Crippen LogP contribution in [0.2, 0.25) is 0 Å². The predicted molar refractivity (Wildman–Crippen MR) is 79.1 cm³/mol. The van der Waals surface area contributed by atoms with Gasteiger partial charge in [-0.25, -0.2) is 8.42 Å². The van der Waals surface area contributed by atoms with Crippen LogP contribution in [-0.2, 0) is 9.84 Å². The lowest BCUT2D eigenvalue weighted by Crippen LogP contribution is -2.18. The first-order valence-electron chi connectivity index (χ1n) is 7.05. The molecule has 0 unspecified atom stereocenters. The Labute approximate surface area is 123 Å². The molecule has 2 fully saturated rings. The summed E-state index contributed by atoms with van der Waals surface area (Å²) in [6, 6.07) is 4.41. The van der Waals surface area contributed by atoms with Gasteiger partial charge < -0.3 is 5.32 Å². The minimum Gasteiger partial charge on any atom is -0.379 e. The summed E-state index contributed by atoms with van der Waals surface area (Å²) in [7, 11) is -3.62. The molecular weight excluding hydrogens is 292 g/mol. The van der Waals surface area contributed by atoms with E-state index in [0.29, 0.717) is 12.2 Å². The third-order valence-corrected chi connectivity index (χ3v) is 5.68. The van der Waals surface area contributed by atoms with Crippen molar-refractivity contribution >= 4 is 21.2 Å². The van der Waals surface area contributed by atoms with Crippen molar-refractivity contribution in [3.8, 4) is 0 Å². The van der Waals surface area contributed by atoms with Crippen molar-refractivity contribution in [1.29, 1.82) is 0 Å². The summed E-state index contributed by atoms with van der Waals surface area (Å²) in [5, 5.41) is 14.4. The highest BCUT2D eigenvalue weighted by molar-refractivity contribution is 7.90. The number of nitrogens with one attached hydrogen (secondary N) is 1. The van der Waals surface area contributed by atoms with Crippen LogP contribution in [0.15, 0.2) is 23.1 Å². The maximum Gasteiger partial charge on any atom is 0.310 e. The Balaban J connectivity index is 1.89. The molecular formula is C14H18N2O4S. The topological polar surface area (TPSA) is 89.3 Å². The van der Waals surface area contributed by atoms with E-state index < -0.39 is 14.8 Å². The van der Waals surface area contributed by atoms with Crippen LogP contribution in [0.1, 0.15) is 25.7 Å². The van der Waals surface area contributed by atoms with Gasteiger partial charge in [0, 0.05) is 12.8 Å². The van der Waals surface area contributed by atoms with Gasteiger partial charge in [0.1, 0.15) is 10.6 Å². The molecule has 1 aromatic rings. The van der Waals surface area contributed by atoms with Gasteiger partial charge in [-0.2, -0.15) is 0 Å². The molecule has 1 N–H and O–H groups in total. The Morgan fingerprint density at radius 2 is 2.05 bits per heavy atom. The van der Waals surface area contributed by atoms with E-state index in [-0.39, 0.29) is 16.0 Å². The molecule has 0 bridgehead atoms. The van der Waals surface area contributed by atoms with Crippen LogP contribution in [0.4, 0.5) is 11.4 Å². The van der Waals surface area contributed by atoms with Crippen LogP contribution in [0, 0.1) is 21.4 Å². The number of para-hydroxylation sites is 1. The van der Waals surface area contributed by atoms with Gasteiger partial charge in [-0.1, -0.05) is 6.07 Å². The monoisotopic (exact) mass is 310 g/mol. The molecule has 6 nitrogen and oxygen atoms in total. The molecule has 0 aromatic heterocycles. The number of benzene rings is 1. The quantitative estimate of drug-likeness (QED) is 0.644. The van der Waals surface area contributed by atoms with E-state index in [1.807, 2.05) is 0 Å². The molecule has 2 aliphatic carbocycles. The van der Waals surface area contributed by atoms with Crippen LogP contribution in [0.3, 0.4) is 0 Å². The molecule has 0 amide bonds. The number of rotatable bonds is 6. The van der Waals surface area contributed by atoms with Gasteiger partial charge in [0.05, 0.1) is 4.92 Å². The van der Waals surface area contributed by atoms with E-state index in [1.165, 1.54) is 18.9 Å². The first kappa shape index (κ1) is 14.3. The molecule has 1 aromatic carbocycles. The number of anilines is 1. The second-order valence-corrected chi connectivity index (χ2v) is 8.16. The minimum atomic E-state index is -3.62. The van der Waals surface area contributed by atoms with E-state index >= 15 is 0 Å². The summed E-state index contributed by atoms with van der Waals surface area (Å²) in [5.41, 5.74) is 0.246. The number of sulfone groups is 1. The number of nitro benzene ring substituents is 1. The third kappa shape index (κ3) is 2.74. The normalized spacial score (nSPS) is 20.0. The Hall–Kier alpha value is -1.63. The van der Waals surface area contributed by atoms with Crippen molar-refractivity contribution in [3.63, 3.8) is 0 Å². The number of hydrogen-bond acceptors (Lipinski definition) is 5. The van der Waals surface area contributed by atoms with Crippen LogP contribution in [-0.4, -0.2) is 26.1 Å². The van der Waals surface area contributed by atoms with Gasteiger partial charge in [0.25, 0.3) is 0 Å². The molecule has 0 aliphatic heterocycles. The largest absolute Gasteiger partial charge is 0.379 e. The Morgan fingerprint density at radius 3 is 2.52 bits per heavy atom. The van der Waals surface area contributed by atoms with Crippen LogP contribution in [0.25, 0.3) is 0 Å². The van der Waals surface area contributed by atoms with E-state index in [4.69, 9.17) is 0 Å². The van der Waals surface area contributed by atoms with Crippen molar-refractivity contribution in [1.82, 2.24) is 0 Å². The zero-order valence-corrected chi connectivity index (χ0v) is 12.6. The van der Waals surface area contributed by atoms with E-state index in [9.17, 15) is 18.5 Å². The van der Waals surface area contributed by atoms with Crippen molar-refractivity contribution in [2.24, 2.45) is 11.3 Å². The summed E-state index contributed by atoms with van der Waals surface area (Å²) in [4.78, 5) is 10.4. The van der Waals surface area contributed by atoms with Crippen LogP contribution in [0.5, 0.6) is 0 Å². The second-order valence-electron chi connectivity index (χ2n) is 6.17. The van der Waals surface area contributed by atoms with E-state index in [0.717, 1.165) is 25.0 Å². The van der Waals surface area contributed by atoms with E-state index in [1.54, 1.807) is 12.1 Å². The van der Waals surface area contributed by atoms with Gasteiger partial charge in [-0.15, -0.1) is 0 Å². The summed E-state index contributed by atoms with van der Waals surface area (Å²) < 4.78 is 23.4. The maximum absolute atomic E-state index is 11.7. The minimum absolute atomic E-state index is 0.228. The van der Waals surface area contributed by atoms with Gasteiger partial charge >= 0.3 is 5.69 Å². The molecule has 0 atom stereocenters. The molecule has 0 saturated heterocycles. The average molecular weight is 310 g/mol. The molecule has 21 heavy (non-hydrogen) atoms. The number of hydrogen-bond donors (Lipinski definition) is 1. The molecule has 2 saturated carbocycles. The van der Waals surface area contributed by atoms with Gasteiger partial charge in [0.2, 0.25) is 0 Å². The van der Waals surface area contributed by atoms with Gasteiger partial charge in [0.15, 0.2) is 9.84 Å². The third-order valence-electron chi connectivity index (χ3n) is 4.55. The maximum atomic E-state index is 11.7. The highest BCUT2D eigenvalue weighted by Crippen LogP contribution is 2.61. The molecule has 0 spiro atoms. The second kappa shape index (κ2) is 4.69. The predicted octanol–water partition coefficient (Wildman–Crippen LogP) is 2.60. The first-order chi connectivity index (χ1) is 9.83. The fourth-order valence-electron chi connectivity index (χ4n) is 3.01. The molecule has 0 heterocycles. The summed E-state index contributed by atoms with van der Waals surface area (Å²) in [6.45, 7) is 0.686. The average Bonchev–Trinajstić information content (AvgIpc) is 3.25. The molecule has 114 valence electrons. The van der Waals surface area contributed by atoms with E-state index in [2.05, 4.69) is 5.32 Å². The highest BCUT2D eigenvalue weighted by atomic mass is 32.2. The lowest BCUT2D eigenvalue weighted by Gasteiger charge is -2.16. The number of nitrogens with zero attached hydrogens (tertiary/aromatic N) is 1. The SMILES string of the molecule is CS(=O)(=O)c1cccc(NCC2(C3CC3)CC2)c1[N+](=O)[O-]. The van der Waals surface area contributed by atoms with Crippen molar-refractivity contribution in [2.75, 3.05) is 18.1 Å². The lowest BCUT2D eigenvalue weighted by atomic mass is 10.0. The molecule has 0 radical (unpaired) electrons. The Morgan fingerprint density at radius 1 is 1.38 bits per heavy atom. The van der Waals surface area contributed by atoms with Crippen LogP contribution >= 0.6 is 0 Å². The standard InChI is InChI=1S/C14H18N2O4S/c1-21(19,20)12-4-2-3-11(13(12)16(17)18)15-9-14(7-8-14)10-5-6-10/h2-4,10,15H,5-9H2,1H3. The van der Waals surface area contributed by atoms with Crippen LogP contribution < -0.4 is 5.32 Å². The lowest BCUT2D eigenvalue weighted by molar-refractivity contribution is -0.386. The summed E-state index contributed by atoms with van der Waals surface area (Å²) in [6.07, 6.45) is 5.79. The zero-order valence-electron chi connectivity index (χ0n) is 11.8. The van der Waals surface area contributed by atoms with Crippen molar-refractivity contribution in [2.45, 2.75) is 30.6 Å². The van der Waals surface area contributed by atoms with Crippen molar-refractivity contribution < 1.29 is 13.3 Å².